The van der Waals surface area contributed by atoms with Crippen molar-refractivity contribution < 1.29 is 9.84 Å². The number of aromatic nitrogens is 1. The standard InChI is InChI=1S/C46H61N3O2/c1-42(2,3)30-21-29(22-35(26-30)51-38-18-17-28-20-31(43(4,5)6)27-37(50)39(28)47-38)41-48-40-36(16-15-19-46(40,13)14)49(41)34-24-32(44(7,8)9)23-33(25-34)45(10,11)12/h17-18,20-27,36,40,50H,15-16,19H2,1-14H3/t36-,40+/m0/s1. The molecular formula is C46H61N3O2. The van der Waals surface area contributed by atoms with Gasteiger partial charge in [-0.15, -0.1) is 0 Å². The Hall–Kier alpha value is -3.86. The summed E-state index contributed by atoms with van der Waals surface area (Å²) >= 11 is 0. The first-order chi connectivity index (χ1) is 23.4. The lowest BCUT2D eigenvalue weighted by Crippen LogP contribution is -2.48. The summed E-state index contributed by atoms with van der Waals surface area (Å²) < 4.78 is 6.61. The van der Waals surface area contributed by atoms with E-state index in [1.165, 1.54) is 35.2 Å². The molecule has 2 aliphatic rings. The first kappa shape index (κ1) is 36.9. The number of amidine groups is 1. The number of benzene rings is 3. The molecule has 2 heterocycles. The summed E-state index contributed by atoms with van der Waals surface area (Å²) in [5, 5.41) is 11.9. The molecule has 1 aromatic heterocycles. The Morgan fingerprint density at radius 1 is 0.706 bits per heavy atom. The topological polar surface area (TPSA) is 58.0 Å². The Morgan fingerprint density at radius 2 is 1.27 bits per heavy atom. The van der Waals surface area contributed by atoms with Gasteiger partial charge in [-0.05, 0) is 111 Å². The van der Waals surface area contributed by atoms with E-state index < -0.39 is 0 Å². The highest BCUT2D eigenvalue weighted by Crippen LogP contribution is 2.47. The van der Waals surface area contributed by atoms with Gasteiger partial charge in [0.1, 0.15) is 22.9 Å². The van der Waals surface area contributed by atoms with E-state index in [1.54, 1.807) is 0 Å². The highest BCUT2D eigenvalue weighted by atomic mass is 16.5. The SMILES string of the molecule is CC(C)(C)c1cc(Oc2ccc3cc(C(C)(C)C)cc(O)c3n2)cc(C2=N[C@@H]3[C@H](CCCC3(C)C)N2c2cc(C(C)(C)C)cc(C(C)(C)C)c2)c1. The maximum atomic E-state index is 11.0. The molecule has 2 atom stereocenters. The third-order valence-corrected chi connectivity index (χ3v) is 11.1. The summed E-state index contributed by atoms with van der Waals surface area (Å²) in [6, 6.07) is 22.1. The van der Waals surface area contributed by atoms with Crippen LogP contribution in [0.4, 0.5) is 5.69 Å². The molecule has 0 radical (unpaired) electrons. The van der Waals surface area contributed by atoms with Crippen LogP contribution in [0.5, 0.6) is 17.4 Å². The van der Waals surface area contributed by atoms with Crippen molar-refractivity contribution in [1.82, 2.24) is 4.98 Å². The van der Waals surface area contributed by atoms with E-state index in [2.05, 4.69) is 144 Å². The zero-order chi connectivity index (χ0) is 37.5. The lowest BCUT2D eigenvalue weighted by atomic mass is 9.71. The van der Waals surface area contributed by atoms with Crippen LogP contribution in [0.1, 0.15) is 144 Å². The van der Waals surface area contributed by atoms with Gasteiger partial charge in [0, 0.05) is 22.7 Å². The van der Waals surface area contributed by atoms with Crippen LogP contribution < -0.4 is 9.64 Å². The molecule has 0 amide bonds. The first-order valence-corrected chi connectivity index (χ1v) is 18.9. The fourth-order valence-corrected chi connectivity index (χ4v) is 7.65. The molecule has 1 N–H and O–H groups in total. The second kappa shape index (κ2) is 12.4. The number of pyridine rings is 1. The summed E-state index contributed by atoms with van der Waals surface area (Å²) in [4.78, 5) is 13.0. The van der Waals surface area contributed by atoms with E-state index in [-0.39, 0.29) is 44.9 Å². The van der Waals surface area contributed by atoms with E-state index in [9.17, 15) is 5.11 Å². The number of nitrogens with zero attached hydrogens (tertiary/aromatic N) is 3. The fraction of sp³-hybridized carbons (Fsp3) is 0.522. The molecule has 4 aromatic rings. The molecule has 0 bridgehead atoms. The Balaban J connectivity index is 1.50. The number of phenols is 1. The number of hydrogen-bond acceptors (Lipinski definition) is 5. The van der Waals surface area contributed by atoms with Crippen LogP contribution in [-0.2, 0) is 21.7 Å². The quantitative estimate of drug-likeness (QED) is 0.232. The minimum atomic E-state index is -0.131. The maximum absolute atomic E-state index is 11.0. The van der Waals surface area contributed by atoms with Gasteiger partial charge in [-0.3, -0.25) is 4.99 Å². The highest BCUT2D eigenvalue weighted by molar-refractivity contribution is 6.12. The van der Waals surface area contributed by atoms with Crippen LogP contribution in [0, 0.1) is 5.41 Å². The van der Waals surface area contributed by atoms with Crippen molar-refractivity contribution in [2.24, 2.45) is 10.4 Å². The molecule has 272 valence electrons. The average Bonchev–Trinajstić information content (AvgIpc) is 3.40. The Bertz CT molecular complexity index is 1960. The van der Waals surface area contributed by atoms with Crippen molar-refractivity contribution in [2.75, 3.05) is 4.90 Å². The van der Waals surface area contributed by atoms with Crippen LogP contribution in [0.25, 0.3) is 10.9 Å². The average molecular weight is 688 g/mol. The van der Waals surface area contributed by atoms with Crippen LogP contribution >= 0.6 is 0 Å². The second-order valence-corrected chi connectivity index (χ2v) is 20.0. The van der Waals surface area contributed by atoms with Gasteiger partial charge in [0.25, 0.3) is 0 Å². The number of rotatable bonds is 4. The van der Waals surface area contributed by atoms with Crippen LogP contribution in [0.2, 0.25) is 0 Å². The van der Waals surface area contributed by atoms with E-state index in [0.717, 1.165) is 28.8 Å². The third-order valence-electron chi connectivity index (χ3n) is 11.1. The molecule has 1 aliphatic carbocycles. The Kier molecular flexibility index (Phi) is 8.96. The van der Waals surface area contributed by atoms with Gasteiger partial charge < -0.3 is 14.7 Å². The predicted octanol–water partition coefficient (Wildman–Crippen LogP) is 12.1. The predicted molar refractivity (Wildman–Crippen MR) is 215 cm³/mol. The molecule has 5 nitrogen and oxygen atoms in total. The molecule has 1 aliphatic heterocycles. The molecular weight excluding hydrogens is 627 g/mol. The van der Waals surface area contributed by atoms with Gasteiger partial charge in [-0.2, -0.15) is 0 Å². The smallest absolute Gasteiger partial charge is 0.219 e. The molecule has 6 rings (SSSR count). The van der Waals surface area contributed by atoms with E-state index >= 15 is 0 Å². The number of anilines is 1. The van der Waals surface area contributed by atoms with Crippen molar-refractivity contribution in [3.63, 3.8) is 0 Å². The summed E-state index contributed by atoms with van der Waals surface area (Å²) in [6.07, 6.45) is 3.46. The number of aromatic hydroxyl groups is 1. The Labute approximate surface area is 307 Å². The van der Waals surface area contributed by atoms with Crippen molar-refractivity contribution in [1.29, 1.82) is 0 Å². The van der Waals surface area contributed by atoms with Gasteiger partial charge >= 0.3 is 0 Å². The highest BCUT2D eigenvalue weighted by Gasteiger charge is 2.48. The molecule has 0 spiro atoms. The molecule has 0 unspecified atom stereocenters. The van der Waals surface area contributed by atoms with Gasteiger partial charge in [0.2, 0.25) is 5.88 Å². The minimum Gasteiger partial charge on any atom is -0.506 e. The number of fused-ring (bicyclic) bond motifs is 2. The largest absolute Gasteiger partial charge is 0.506 e. The minimum absolute atomic E-state index is 0.00103. The monoisotopic (exact) mass is 687 g/mol. The first-order valence-electron chi connectivity index (χ1n) is 18.9. The van der Waals surface area contributed by atoms with Crippen molar-refractivity contribution in [3.05, 3.63) is 88.5 Å². The number of hydrogen-bond donors (Lipinski definition) is 1. The van der Waals surface area contributed by atoms with Gasteiger partial charge in [0.05, 0.1) is 12.1 Å². The van der Waals surface area contributed by atoms with Crippen molar-refractivity contribution in [2.45, 2.75) is 150 Å². The summed E-state index contributed by atoms with van der Waals surface area (Å²) in [5.41, 5.74) is 7.61. The number of phenolic OH excluding ortho intramolecular Hbond substituents is 1. The second-order valence-electron chi connectivity index (χ2n) is 20.0. The lowest BCUT2D eigenvalue weighted by molar-refractivity contribution is 0.190. The zero-order valence-electron chi connectivity index (χ0n) is 33.7. The Morgan fingerprint density at radius 3 is 1.86 bits per heavy atom. The normalized spacial score (nSPS) is 19.6. The van der Waals surface area contributed by atoms with Crippen LogP contribution in [0.3, 0.4) is 0 Å². The molecule has 5 heteroatoms. The molecule has 1 saturated carbocycles. The van der Waals surface area contributed by atoms with Crippen LogP contribution in [0.15, 0.2) is 65.7 Å². The van der Waals surface area contributed by atoms with Gasteiger partial charge in [-0.1, -0.05) is 109 Å². The summed E-state index contributed by atoms with van der Waals surface area (Å²) in [5.74, 6) is 2.35. The summed E-state index contributed by atoms with van der Waals surface area (Å²) in [7, 11) is 0. The van der Waals surface area contributed by atoms with E-state index in [4.69, 9.17) is 14.7 Å². The molecule has 3 aromatic carbocycles. The lowest BCUT2D eigenvalue weighted by Gasteiger charge is -2.42. The van der Waals surface area contributed by atoms with E-state index in [1.807, 2.05) is 18.2 Å². The molecule has 0 saturated heterocycles. The van der Waals surface area contributed by atoms with Crippen LogP contribution in [-0.4, -0.2) is 28.0 Å². The number of ether oxygens (including phenoxy) is 1. The van der Waals surface area contributed by atoms with Gasteiger partial charge in [-0.25, -0.2) is 4.98 Å². The molecule has 51 heavy (non-hydrogen) atoms. The number of aliphatic imine (C=N–C) groups is 1. The van der Waals surface area contributed by atoms with Crippen molar-refractivity contribution >= 4 is 22.4 Å². The van der Waals surface area contributed by atoms with E-state index in [0.29, 0.717) is 17.1 Å². The summed E-state index contributed by atoms with van der Waals surface area (Å²) in [6.45, 7) is 31.8. The zero-order valence-corrected chi connectivity index (χ0v) is 33.7. The molecule has 1 fully saturated rings. The van der Waals surface area contributed by atoms with Gasteiger partial charge in [0.15, 0.2) is 0 Å². The fourth-order valence-electron chi connectivity index (χ4n) is 7.65. The van der Waals surface area contributed by atoms with Crippen molar-refractivity contribution in [3.8, 4) is 17.4 Å². The maximum Gasteiger partial charge on any atom is 0.219 e. The third kappa shape index (κ3) is 7.41.